The van der Waals surface area contributed by atoms with Crippen molar-refractivity contribution >= 4 is 13.4 Å². The number of hydrogen-bond acceptors (Lipinski definition) is 1. The molecular weight excluding hydrogens is 189 g/mol. The Morgan fingerprint density at radius 3 is 2.71 bits per heavy atom. The molecule has 1 aromatic heterocycles. The molecule has 0 amide bonds. The van der Waals surface area contributed by atoms with E-state index in [2.05, 4.69) is 30.7 Å². The molecule has 0 fully saturated rings. The summed E-state index contributed by atoms with van der Waals surface area (Å²) in [7, 11) is -0.00340. The molecule has 1 heterocycles. The minimum Gasteiger partial charge on any atom is -0.257 e. The highest BCUT2D eigenvalue weighted by Gasteiger charge is 2.04. The zero-order valence-corrected chi connectivity index (χ0v) is 10.1. The van der Waals surface area contributed by atoms with Crippen LogP contribution in [0.3, 0.4) is 0 Å². The molecule has 1 rings (SSSR count). The van der Waals surface area contributed by atoms with Crippen LogP contribution in [0.4, 0.5) is 0 Å². The Balaban J connectivity index is 2.25. The third-order valence-electron chi connectivity index (χ3n) is 2.39. The van der Waals surface area contributed by atoms with E-state index in [0.717, 1.165) is 0 Å². The van der Waals surface area contributed by atoms with Crippen LogP contribution in [-0.4, -0.2) is 17.8 Å². The molecule has 1 nitrogen and oxygen atoms in total. The Morgan fingerprint density at radius 1 is 1.21 bits per heavy atom. The number of rotatable bonds is 6. The Morgan fingerprint density at radius 2 is 2.07 bits per heavy atom. The van der Waals surface area contributed by atoms with Gasteiger partial charge in [0.05, 0.1) is 5.44 Å². The number of aromatic nitrogens is 1. The van der Waals surface area contributed by atoms with E-state index in [0.29, 0.717) is 0 Å². The zero-order chi connectivity index (χ0) is 10.2. The highest BCUT2D eigenvalue weighted by molar-refractivity contribution is 7.64. The van der Waals surface area contributed by atoms with Crippen molar-refractivity contribution in [3.63, 3.8) is 0 Å². The van der Waals surface area contributed by atoms with Crippen molar-refractivity contribution in [2.24, 2.45) is 0 Å². The van der Waals surface area contributed by atoms with E-state index >= 15 is 0 Å². The molecule has 0 radical (unpaired) electrons. The van der Waals surface area contributed by atoms with Gasteiger partial charge in [-0.15, -0.1) is 0 Å². The summed E-state index contributed by atoms with van der Waals surface area (Å²) in [5, 5.41) is 0. The van der Waals surface area contributed by atoms with Crippen molar-refractivity contribution < 1.29 is 0 Å². The first-order valence-electron chi connectivity index (χ1n) is 5.46. The molecule has 0 bridgehead atoms. The SMILES string of the molecule is CCCCCCP(C)c1ccccn1. The lowest BCUT2D eigenvalue weighted by Crippen LogP contribution is -2.06. The number of pyridine rings is 1. The van der Waals surface area contributed by atoms with Gasteiger partial charge >= 0.3 is 0 Å². The average molecular weight is 209 g/mol. The standard InChI is InChI=1S/C12H20NP/c1-3-4-5-8-11-14(2)12-9-6-7-10-13-12/h6-7,9-10H,3-5,8,11H2,1-2H3. The van der Waals surface area contributed by atoms with Gasteiger partial charge in [-0.2, -0.15) is 0 Å². The number of hydrogen-bond donors (Lipinski definition) is 0. The Bertz CT molecular complexity index is 235. The molecule has 14 heavy (non-hydrogen) atoms. The Hall–Kier alpha value is -0.420. The largest absolute Gasteiger partial charge is 0.257 e. The molecule has 2 heteroatoms. The van der Waals surface area contributed by atoms with Gasteiger partial charge in [0.25, 0.3) is 0 Å². The molecule has 78 valence electrons. The minimum atomic E-state index is -0.00340. The van der Waals surface area contributed by atoms with Crippen LogP contribution in [0.25, 0.3) is 0 Å². The summed E-state index contributed by atoms with van der Waals surface area (Å²) in [6.45, 7) is 4.59. The van der Waals surface area contributed by atoms with Crippen molar-refractivity contribution in [2.45, 2.75) is 32.6 Å². The van der Waals surface area contributed by atoms with E-state index in [-0.39, 0.29) is 7.92 Å². The van der Waals surface area contributed by atoms with E-state index in [9.17, 15) is 0 Å². The van der Waals surface area contributed by atoms with Crippen molar-refractivity contribution in [1.82, 2.24) is 4.98 Å². The second kappa shape index (κ2) is 6.95. The quantitative estimate of drug-likeness (QED) is 0.517. The molecule has 0 aromatic carbocycles. The lowest BCUT2D eigenvalue weighted by atomic mass is 10.2. The average Bonchev–Trinajstić information content (AvgIpc) is 2.25. The first-order chi connectivity index (χ1) is 6.84. The van der Waals surface area contributed by atoms with Crippen LogP contribution in [0.5, 0.6) is 0 Å². The number of nitrogens with zero attached hydrogens (tertiary/aromatic N) is 1. The van der Waals surface area contributed by atoms with Crippen LogP contribution in [0.1, 0.15) is 32.6 Å². The molecule has 1 atom stereocenters. The van der Waals surface area contributed by atoms with Crippen LogP contribution < -0.4 is 5.44 Å². The first kappa shape index (κ1) is 11.7. The van der Waals surface area contributed by atoms with Crippen molar-refractivity contribution in [2.75, 3.05) is 12.8 Å². The summed E-state index contributed by atoms with van der Waals surface area (Å²) < 4.78 is 0. The van der Waals surface area contributed by atoms with Gasteiger partial charge in [0, 0.05) is 6.20 Å². The summed E-state index contributed by atoms with van der Waals surface area (Å²) in [6.07, 6.45) is 8.70. The van der Waals surface area contributed by atoms with Gasteiger partial charge in [-0.05, 0) is 31.4 Å². The van der Waals surface area contributed by atoms with Gasteiger partial charge < -0.3 is 0 Å². The summed E-state index contributed by atoms with van der Waals surface area (Å²) in [5.41, 5.74) is 1.30. The van der Waals surface area contributed by atoms with Gasteiger partial charge in [0.1, 0.15) is 0 Å². The van der Waals surface area contributed by atoms with Gasteiger partial charge in [-0.1, -0.05) is 40.2 Å². The minimum absolute atomic E-state index is 0.00340. The predicted molar refractivity (Wildman–Crippen MR) is 65.7 cm³/mol. The number of unbranched alkanes of at least 4 members (excludes halogenated alkanes) is 3. The summed E-state index contributed by atoms with van der Waals surface area (Å²) in [6, 6.07) is 6.24. The van der Waals surface area contributed by atoms with Crippen LogP contribution in [0, 0.1) is 0 Å². The molecule has 0 saturated carbocycles. The smallest absolute Gasteiger partial charge is 0.0628 e. The van der Waals surface area contributed by atoms with Gasteiger partial charge in [-0.25, -0.2) is 0 Å². The zero-order valence-electron chi connectivity index (χ0n) is 9.24. The summed E-state index contributed by atoms with van der Waals surface area (Å²) >= 11 is 0. The molecule has 1 unspecified atom stereocenters. The fourth-order valence-electron chi connectivity index (χ4n) is 1.47. The molecule has 1 aromatic rings. The molecule has 0 saturated heterocycles. The van der Waals surface area contributed by atoms with Gasteiger partial charge in [0.15, 0.2) is 0 Å². The molecule has 0 N–H and O–H groups in total. The third-order valence-corrected chi connectivity index (χ3v) is 4.42. The van der Waals surface area contributed by atoms with Gasteiger partial charge in [0.2, 0.25) is 0 Å². The fourth-order valence-corrected chi connectivity index (χ4v) is 3.00. The maximum atomic E-state index is 4.41. The van der Waals surface area contributed by atoms with Crippen molar-refractivity contribution in [3.8, 4) is 0 Å². The van der Waals surface area contributed by atoms with E-state index < -0.39 is 0 Å². The van der Waals surface area contributed by atoms with Gasteiger partial charge in [-0.3, -0.25) is 4.98 Å². The summed E-state index contributed by atoms with van der Waals surface area (Å²) in [5.74, 6) is 0. The highest BCUT2D eigenvalue weighted by Crippen LogP contribution is 2.29. The molecule has 0 aliphatic heterocycles. The second-order valence-electron chi connectivity index (χ2n) is 3.67. The van der Waals surface area contributed by atoms with Crippen molar-refractivity contribution in [3.05, 3.63) is 24.4 Å². The maximum Gasteiger partial charge on any atom is 0.0628 e. The monoisotopic (exact) mass is 209 g/mol. The second-order valence-corrected chi connectivity index (χ2v) is 5.97. The third kappa shape index (κ3) is 4.19. The Labute approximate surface area is 88.7 Å². The summed E-state index contributed by atoms with van der Waals surface area (Å²) in [4.78, 5) is 4.41. The predicted octanol–water partition coefficient (Wildman–Crippen LogP) is 3.40. The fraction of sp³-hybridized carbons (Fsp3) is 0.583. The first-order valence-corrected chi connectivity index (χ1v) is 7.44. The molecule has 0 aliphatic rings. The van der Waals surface area contributed by atoms with Crippen LogP contribution >= 0.6 is 7.92 Å². The van der Waals surface area contributed by atoms with Crippen LogP contribution in [0.15, 0.2) is 24.4 Å². The Kier molecular flexibility index (Phi) is 5.78. The van der Waals surface area contributed by atoms with E-state index in [1.165, 1.54) is 37.3 Å². The lowest BCUT2D eigenvalue weighted by Gasteiger charge is -2.10. The lowest BCUT2D eigenvalue weighted by molar-refractivity contribution is 0.705. The van der Waals surface area contributed by atoms with Crippen LogP contribution in [-0.2, 0) is 0 Å². The molecule has 0 spiro atoms. The van der Waals surface area contributed by atoms with Crippen molar-refractivity contribution in [1.29, 1.82) is 0 Å². The van der Waals surface area contributed by atoms with E-state index in [1.807, 2.05) is 12.3 Å². The topological polar surface area (TPSA) is 12.9 Å². The van der Waals surface area contributed by atoms with Crippen LogP contribution in [0.2, 0.25) is 0 Å². The molecular formula is C12H20NP. The van der Waals surface area contributed by atoms with E-state index in [4.69, 9.17) is 0 Å². The maximum absolute atomic E-state index is 4.41. The normalized spacial score (nSPS) is 12.7. The van der Waals surface area contributed by atoms with E-state index in [1.54, 1.807) is 0 Å². The highest BCUT2D eigenvalue weighted by atomic mass is 31.1. The molecule has 0 aliphatic carbocycles.